The molecule has 1 unspecified atom stereocenters. The van der Waals surface area contributed by atoms with Crippen molar-refractivity contribution < 1.29 is 9.53 Å². The van der Waals surface area contributed by atoms with Crippen LogP contribution in [0.2, 0.25) is 0 Å². The van der Waals surface area contributed by atoms with Gasteiger partial charge in [-0.15, -0.1) is 24.0 Å². The second-order valence-corrected chi connectivity index (χ2v) is 8.08. The van der Waals surface area contributed by atoms with Gasteiger partial charge < -0.3 is 20.3 Å². The van der Waals surface area contributed by atoms with E-state index in [9.17, 15) is 4.79 Å². The molecule has 1 aromatic carbocycles. The first kappa shape index (κ1) is 24.7. The average molecular weight is 502 g/mol. The predicted molar refractivity (Wildman–Crippen MR) is 125 cm³/mol. The molecule has 1 amide bonds. The van der Waals surface area contributed by atoms with E-state index < -0.39 is 0 Å². The second kappa shape index (κ2) is 12.3. The standard InChI is InChI=1S/C21H34N4O2.HI/c1-21(2,3)19(26)23-11-12-24-20(22-4)25-13-10-18(14-25)16-27-15-17-8-6-5-7-9-17;/h5-9,18H,10-16H2,1-4H3,(H,22,24)(H,23,26);1H. The summed E-state index contributed by atoms with van der Waals surface area (Å²) in [6, 6.07) is 10.3. The number of benzene rings is 1. The van der Waals surface area contributed by atoms with Gasteiger partial charge in [0.1, 0.15) is 0 Å². The van der Waals surface area contributed by atoms with Crippen LogP contribution >= 0.6 is 24.0 Å². The Labute approximate surface area is 186 Å². The molecule has 1 heterocycles. The number of carbonyl (C=O) groups excluding carboxylic acids is 1. The summed E-state index contributed by atoms with van der Waals surface area (Å²) in [7, 11) is 1.80. The first-order valence-corrected chi connectivity index (χ1v) is 9.75. The number of halogens is 1. The lowest BCUT2D eigenvalue weighted by Gasteiger charge is -2.22. The summed E-state index contributed by atoms with van der Waals surface area (Å²) in [6.45, 7) is 10.4. The van der Waals surface area contributed by atoms with E-state index >= 15 is 0 Å². The quantitative estimate of drug-likeness (QED) is 0.261. The Bertz CT molecular complexity index is 617. The summed E-state index contributed by atoms with van der Waals surface area (Å²) in [5, 5.41) is 6.29. The Morgan fingerprint density at radius 1 is 1.21 bits per heavy atom. The molecule has 0 radical (unpaired) electrons. The van der Waals surface area contributed by atoms with Crippen LogP contribution in [0.5, 0.6) is 0 Å². The van der Waals surface area contributed by atoms with Crippen LogP contribution in [0, 0.1) is 11.3 Å². The summed E-state index contributed by atoms with van der Waals surface area (Å²) in [5.41, 5.74) is 0.853. The van der Waals surface area contributed by atoms with Crippen LogP contribution < -0.4 is 10.6 Å². The van der Waals surface area contributed by atoms with Gasteiger partial charge >= 0.3 is 0 Å². The molecule has 1 atom stereocenters. The van der Waals surface area contributed by atoms with Crippen molar-refractivity contribution in [2.75, 3.05) is 39.8 Å². The minimum absolute atomic E-state index is 0. The molecule has 1 aromatic rings. The molecule has 1 aliphatic heterocycles. The van der Waals surface area contributed by atoms with Gasteiger partial charge in [0.25, 0.3) is 0 Å². The van der Waals surface area contributed by atoms with Crippen LogP contribution in [-0.4, -0.2) is 56.6 Å². The monoisotopic (exact) mass is 502 g/mol. The zero-order valence-electron chi connectivity index (χ0n) is 17.5. The molecule has 0 aromatic heterocycles. The molecule has 158 valence electrons. The fourth-order valence-corrected chi connectivity index (χ4v) is 3.03. The molecule has 0 saturated carbocycles. The molecule has 6 nitrogen and oxygen atoms in total. The number of ether oxygens (including phenoxy) is 1. The minimum Gasteiger partial charge on any atom is -0.376 e. The highest BCUT2D eigenvalue weighted by molar-refractivity contribution is 14.0. The van der Waals surface area contributed by atoms with E-state index in [4.69, 9.17) is 4.74 Å². The maximum absolute atomic E-state index is 11.9. The number of hydrogen-bond acceptors (Lipinski definition) is 3. The smallest absolute Gasteiger partial charge is 0.225 e. The third kappa shape index (κ3) is 8.34. The predicted octanol–water partition coefficient (Wildman–Crippen LogP) is 2.88. The van der Waals surface area contributed by atoms with Gasteiger partial charge in [-0.25, -0.2) is 0 Å². The molecule has 2 rings (SSSR count). The Morgan fingerprint density at radius 3 is 2.54 bits per heavy atom. The van der Waals surface area contributed by atoms with Crippen molar-refractivity contribution in [2.45, 2.75) is 33.8 Å². The fourth-order valence-electron chi connectivity index (χ4n) is 3.03. The van der Waals surface area contributed by atoms with Crippen LogP contribution in [0.1, 0.15) is 32.8 Å². The number of carbonyl (C=O) groups is 1. The van der Waals surface area contributed by atoms with E-state index in [-0.39, 0.29) is 35.3 Å². The Balaban J connectivity index is 0.00000392. The van der Waals surface area contributed by atoms with Crippen molar-refractivity contribution in [1.29, 1.82) is 0 Å². The van der Waals surface area contributed by atoms with Gasteiger partial charge in [0.15, 0.2) is 5.96 Å². The van der Waals surface area contributed by atoms with Crippen LogP contribution in [0.15, 0.2) is 35.3 Å². The number of guanidine groups is 1. The van der Waals surface area contributed by atoms with Gasteiger partial charge in [0, 0.05) is 44.6 Å². The Hall–Kier alpha value is -1.35. The highest BCUT2D eigenvalue weighted by Gasteiger charge is 2.25. The molecule has 1 aliphatic rings. The molecule has 1 fully saturated rings. The van der Waals surface area contributed by atoms with Crippen molar-refractivity contribution in [3.05, 3.63) is 35.9 Å². The highest BCUT2D eigenvalue weighted by Crippen LogP contribution is 2.17. The highest BCUT2D eigenvalue weighted by atomic mass is 127. The van der Waals surface area contributed by atoms with Gasteiger partial charge in [-0.1, -0.05) is 51.1 Å². The topological polar surface area (TPSA) is 66.0 Å². The average Bonchev–Trinajstić information content (AvgIpc) is 3.10. The maximum Gasteiger partial charge on any atom is 0.225 e. The number of hydrogen-bond donors (Lipinski definition) is 2. The van der Waals surface area contributed by atoms with E-state index in [0.29, 0.717) is 25.6 Å². The number of rotatable bonds is 7. The van der Waals surface area contributed by atoms with Crippen molar-refractivity contribution in [1.82, 2.24) is 15.5 Å². The molecule has 0 aliphatic carbocycles. The van der Waals surface area contributed by atoms with Crippen molar-refractivity contribution in [3.8, 4) is 0 Å². The van der Waals surface area contributed by atoms with Gasteiger partial charge in [0.2, 0.25) is 5.91 Å². The Morgan fingerprint density at radius 2 is 1.89 bits per heavy atom. The van der Waals surface area contributed by atoms with Crippen LogP contribution in [0.4, 0.5) is 0 Å². The zero-order valence-corrected chi connectivity index (χ0v) is 19.9. The van der Waals surface area contributed by atoms with Gasteiger partial charge in [0.05, 0.1) is 13.2 Å². The number of aliphatic imine (C=N–C) groups is 1. The normalized spacial score (nSPS) is 17.2. The van der Waals surface area contributed by atoms with Gasteiger partial charge in [-0.2, -0.15) is 0 Å². The summed E-state index contributed by atoms with van der Waals surface area (Å²) in [4.78, 5) is 18.5. The molecule has 0 bridgehead atoms. The van der Waals surface area contributed by atoms with Crippen LogP contribution in [0.3, 0.4) is 0 Å². The summed E-state index contributed by atoms with van der Waals surface area (Å²) < 4.78 is 5.89. The number of nitrogens with one attached hydrogen (secondary N) is 2. The van der Waals surface area contributed by atoms with E-state index in [0.717, 1.165) is 32.1 Å². The van der Waals surface area contributed by atoms with E-state index in [1.807, 2.05) is 39.0 Å². The molecule has 1 saturated heterocycles. The first-order valence-electron chi connectivity index (χ1n) is 9.75. The van der Waals surface area contributed by atoms with Crippen molar-refractivity contribution in [2.24, 2.45) is 16.3 Å². The van der Waals surface area contributed by atoms with Crippen LogP contribution in [-0.2, 0) is 16.1 Å². The number of nitrogens with zero attached hydrogens (tertiary/aromatic N) is 2. The SMILES string of the molecule is CN=C(NCCNC(=O)C(C)(C)C)N1CCC(COCc2ccccc2)C1.I. The van der Waals surface area contributed by atoms with E-state index in [1.165, 1.54) is 5.56 Å². The summed E-state index contributed by atoms with van der Waals surface area (Å²) in [6.07, 6.45) is 1.11. The lowest BCUT2D eigenvalue weighted by molar-refractivity contribution is -0.128. The fraction of sp³-hybridized carbons (Fsp3) is 0.619. The Kier molecular flexibility index (Phi) is 10.8. The van der Waals surface area contributed by atoms with Crippen LogP contribution in [0.25, 0.3) is 0 Å². The molecule has 2 N–H and O–H groups in total. The third-order valence-electron chi connectivity index (χ3n) is 4.64. The van der Waals surface area contributed by atoms with E-state index in [2.05, 4.69) is 32.7 Å². The lowest BCUT2D eigenvalue weighted by Crippen LogP contribution is -2.44. The summed E-state index contributed by atoms with van der Waals surface area (Å²) >= 11 is 0. The third-order valence-corrected chi connectivity index (χ3v) is 4.64. The zero-order chi connectivity index (χ0) is 19.7. The number of amides is 1. The molecular weight excluding hydrogens is 467 g/mol. The van der Waals surface area contributed by atoms with E-state index in [1.54, 1.807) is 7.05 Å². The van der Waals surface area contributed by atoms with Gasteiger partial charge in [-0.05, 0) is 12.0 Å². The second-order valence-electron chi connectivity index (χ2n) is 8.08. The first-order chi connectivity index (χ1) is 12.9. The molecule has 0 spiro atoms. The van der Waals surface area contributed by atoms with Crippen molar-refractivity contribution >= 4 is 35.8 Å². The van der Waals surface area contributed by atoms with Crippen molar-refractivity contribution in [3.63, 3.8) is 0 Å². The van der Waals surface area contributed by atoms with Gasteiger partial charge in [-0.3, -0.25) is 9.79 Å². The minimum atomic E-state index is -0.358. The lowest BCUT2D eigenvalue weighted by atomic mass is 9.96. The molecule has 28 heavy (non-hydrogen) atoms. The maximum atomic E-state index is 11.9. The molecular formula is C21H35IN4O2. The summed E-state index contributed by atoms with van der Waals surface area (Å²) in [5.74, 6) is 1.48. The number of likely N-dealkylation sites (tertiary alicyclic amines) is 1. The molecule has 7 heteroatoms. The largest absolute Gasteiger partial charge is 0.376 e.